The van der Waals surface area contributed by atoms with Crippen molar-refractivity contribution in [3.8, 4) is 11.5 Å². The highest BCUT2D eigenvalue weighted by Crippen LogP contribution is 2.16. The van der Waals surface area contributed by atoms with Crippen molar-refractivity contribution in [1.82, 2.24) is 4.98 Å². The monoisotopic (exact) mass is 377 g/mol. The molecule has 0 saturated heterocycles. The molecule has 142 valence electrons. The van der Waals surface area contributed by atoms with Crippen molar-refractivity contribution in [2.75, 3.05) is 24.9 Å². The molecule has 1 heterocycles. The number of nitrogens with zero attached hydrogens (tertiary/aromatic N) is 1. The molecular formula is C21H19N3O4. The van der Waals surface area contributed by atoms with Crippen LogP contribution in [0.4, 0.5) is 11.5 Å². The van der Waals surface area contributed by atoms with E-state index in [1.165, 1.54) is 13.3 Å². The molecule has 0 aliphatic heterocycles. The van der Waals surface area contributed by atoms with Gasteiger partial charge in [0.2, 0.25) is 0 Å². The van der Waals surface area contributed by atoms with E-state index in [4.69, 9.17) is 9.47 Å². The third kappa shape index (κ3) is 4.64. The van der Waals surface area contributed by atoms with Gasteiger partial charge in [0.15, 0.2) is 0 Å². The van der Waals surface area contributed by atoms with Gasteiger partial charge in [0.05, 0.1) is 26.1 Å². The maximum absolute atomic E-state index is 12.3. The van der Waals surface area contributed by atoms with Gasteiger partial charge in [0.25, 0.3) is 11.8 Å². The van der Waals surface area contributed by atoms with E-state index in [0.29, 0.717) is 34.1 Å². The zero-order valence-electron chi connectivity index (χ0n) is 15.4. The van der Waals surface area contributed by atoms with Crippen LogP contribution in [0.5, 0.6) is 11.5 Å². The van der Waals surface area contributed by atoms with Gasteiger partial charge in [-0.3, -0.25) is 9.59 Å². The fraction of sp³-hybridized carbons (Fsp3) is 0.0952. The first kappa shape index (κ1) is 18.9. The lowest BCUT2D eigenvalue weighted by molar-refractivity contribution is 0.101. The van der Waals surface area contributed by atoms with Crippen LogP contribution in [0.25, 0.3) is 0 Å². The zero-order chi connectivity index (χ0) is 19.9. The molecule has 0 atom stereocenters. The van der Waals surface area contributed by atoms with E-state index >= 15 is 0 Å². The van der Waals surface area contributed by atoms with Crippen LogP contribution in [-0.2, 0) is 0 Å². The fourth-order valence-electron chi connectivity index (χ4n) is 2.44. The molecule has 0 aliphatic rings. The van der Waals surface area contributed by atoms with Crippen LogP contribution in [0.3, 0.4) is 0 Å². The molecule has 0 saturated carbocycles. The lowest BCUT2D eigenvalue weighted by atomic mass is 10.2. The van der Waals surface area contributed by atoms with Gasteiger partial charge in [-0.2, -0.15) is 0 Å². The summed E-state index contributed by atoms with van der Waals surface area (Å²) in [7, 11) is 3.10. The van der Waals surface area contributed by atoms with Gasteiger partial charge in [-0.15, -0.1) is 0 Å². The van der Waals surface area contributed by atoms with Crippen molar-refractivity contribution in [1.29, 1.82) is 0 Å². The second-order valence-corrected chi connectivity index (χ2v) is 5.80. The molecule has 28 heavy (non-hydrogen) atoms. The first-order valence-corrected chi connectivity index (χ1v) is 8.46. The third-order valence-corrected chi connectivity index (χ3v) is 3.95. The molecule has 2 N–H and O–H groups in total. The van der Waals surface area contributed by atoms with Crippen LogP contribution in [-0.4, -0.2) is 31.0 Å². The largest absolute Gasteiger partial charge is 0.497 e. The SMILES string of the molecule is COc1ccc(C(=O)Nc2ccc(NC(=O)c3cccc(OC)c3)nc2)cc1. The van der Waals surface area contributed by atoms with Gasteiger partial charge >= 0.3 is 0 Å². The average molecular weight is 377 g/mol. The maximum Gasteiger partial charge on any atom is 0.256 e. The molecule has 1 aromatic heterocycles. The Bertz CT molecular complexity index is 970. The van der Waals surface area contributed by atoms with E-state index in [1.807, 2.05) is 0 Å². The summed E-state index contributed by atoms with van der Waals surface area (Å²) in [5.74, 6) is 1.07. The molecular weight excluding hydrogens is 358 g/mol. The number of rotatable bonds is 6. The van der Waals surface area contributed by atoms with Gasteiger partial charge in [0, 0.05) is 11.1 Å². The molecule has 0 bridgehead atoms. The lowest BCUT2D eigenvalue weighted by Gasteiger charge is -2.08. The molecule has 0 unspecified atom stereocenters. The quantitative estimate of drug-likeness (QED) is 0.685. The topological polar surface area (TPSA) is 89.6 Å². The van der Waals surface area contributed by atoms with Gasteiger partial charge in [-0.1, -0.05) is 6.07 Å². The van der Waals surface area contributed by atoms with Gasteiger partial charge < -0.3 is 20.1 Å². The van der Waals surface area contributed by atoms with Gasteiger partial charge in [-0.25, -0.2) is 4.98 Å². The van der Waals surface area contributed by atoms with Crippen LogP contribution in [0.15, 0.2) is 66.9 Å². The summed E-state index contributed by atoms with van der Waals surface area (Å²) in [5, 5.41) is 5.45. The van der Waals surface area contributed by atoms with Gasteiger partial charge in [-0.05, 0) is 54.6 Å². The zero-order valence-corrected chi connectivity index (χ0v) is 15.4. The minimum absolute atomic E-state index is 0.266. The first-order valence-electron chi connectivity index (χ1n) is 8.46. The molecule has 7 heteroatoms. The van der Waals surface area contributed by atoms with Crippen LogP contribution >= 0.6 is 0 Å². The number of carbonyl (C=O) groups is 2. The Kier molecular flexibility index (Phi) is 5.86. The number of pyridine rings is 1. The molecule has 7 nitrogen and oxygen atoms in total. The molecule has 0 spiro atoms. The highest BCUT2D eigenvalue weighted by atomic mass is 16.5. The second kappa shape index (κ2) is 8.68. The molecule has 0 fully saturated rings. The summed E-state index contributed by atoms with van der Waals surface area (Å²) >= 11 is 0. The van der Waals surface area contributed by atoms with E-state index in [1.54, 1.807) is 67.8 Å². The smallest absolute Gasteiger partial charge is 0.256 e. The van der Waals surface area contributed by atoms with Crippen LogP contribution < -0.4 is 20.1 Å². The number of benzene rings is 2. The van der Waals surface area contributed by atoms with E-state index < -0.39 is 0 Å². The molecule has 3 rings (SSSR count). The highest BCUT2D eigenvalue weighted by molar-refractivity contribution is 6.05. The highest BCUT2D eigenvalue weighted by Gasteiger charge is 2.09. The molecule has 0 aliphatic carbocycles. The van der Waals surface area contributed by atoms with Crippen molar-refractivity contribution in [2.24, 2.45) is 0 Å². The van der Waals surface area contributed by atoms with Crippen molar-refractivity contribution in [3.63, 3.8) is 0 Å². The summed E-state index contributed by atoms with van der Waals surface area (Å²) in [6.45, 7) is 0. The standard InChI is InChI=1S/C21H19N3O4/c1-27-17-9-6-14(7-10-17)20(25)23-16-8-11-19(22-13-16)24-21(26)15-4-3-5-18(12-15)28-2/h3-13H,1-2H3,(H,23,25)(H,22,24,26). The number of anilines is 2. The number of methoxy groups -OCH3 is 2. The van der Waals surface area contributed by atoms with Crippen LogP contribution in [0.1, 0.15) is 20.7 Å². The Morgan fingerprint density at radius 2 is 1.50 bits per heavy atom. The Labute approximate surface area is 162 Å². The molecule has 2 amide bonds. The fourth-order valence-corrected chi connectivity index (χ4v) is 2.44. The van der Waals surface area contributed by atoms with E-state index in [9.17, 15) is 9.59 Å². The minimum atomic E-state index is -0.304. The van der Waals surface area contributed by atoms with Gasteiger partial charge in [0.1, 0.15) is 17.3 Å². The maximum atomic E-state index is 12.3. The van der Waals surface area contributed by atoms with Crippen molar-refractivity contribution in [2.45, 2.75) is 0 Å². The van der Waals surface area contributed by atoms with Crippen molar-refractivity contribution >= 4 is 23.3 Å². The Balaban J connectivity index is 1.62. The summed E-state index contributed by atoms with van der Waals surface area (Å²) in [6, 6.07) is 16.9. The Morgan fingerprint density at radius 1 is 0.786 bits per heavy atom. The Morgan fingerprint density at radius 3 is 2.14 bits per heavy atom. The summed E-state index contributed by atoms with van der Waals surface area (Å²) in [6.07, 6.45) is 1.47. The number of amides is 2. The van der Waals surface area contributed by atoms with Crippen molar-refractivity contribution < 1.29 is 19.1 Å². The van der Waals surface area contributed by atoms with Crippen LogP contribution in [0, 0.1) is 0 Å². The molecule has 0 radical (unpaired) electrons. The van der Waals surface area contributed by atoms with E-state index in [-0.39, 0.29) is 11.8 Å². The lowest BCUT2D eigenvalue weighted by Crippen LogP contribution is -2.14. The number of hydrogen-bond acceptors (Lipinski definition) is 5. The summed E-state index contributed by atoms with van der Waals surface area (Å²) < 4.78 is 10.2. The third-order valence-electron chi connectivity index (χ3n) is 3.95. The number of aromatic nitrogens is 1. The number of nitrogens with one attached hydrogen (secondary N) is 2. The second-order valence-electron chi connectivity index (χ2n) is 5.80. The Hall–Kier alpha value is -3.87. The predicted molar refractivity (Wildman–Crippen MR) is 106 cm³/mol. The summed E-state index contributed by atoms with van der Waals surface area (Å²) in [5.41, 5.74) is 1.47. The molecule has 3 aromatic rings. The van der Waals surface area contributed by atoms with Crippen molar-refractivity contribution in [3.05, 3.63) is 78.0 Å². The number of carbonyl (C=O) groups excluding carboxylic acids is 2. The first-order chi connectivity index (χ1) is 13.6. The number of hydrogen-bond donors (Lipinski definition) is 2. The molecule has 2 aromatic carbocycles. The normalized spacial score (nSPS) is 10.1. The average Bonchev–Trinajstić information content (AvgIpc) is 2.75. The number of ether oxygens (including phenoxy) is 2. The summed E-state index contributed by atoms with van der Waals surface area (Å²) in [4.78, 5) is 28.7. The predicted octanol–water partition coefficient (Wildman–Crippen LogP) is 3.60. The van der Waals surface area contributed by atoms with E-state index in [0.717, 1.165) is 0 Å². The minimum Gasteiger partial charge on any atom is -0.497 e. The van der Waals surface area contributed by atoms with E-state index in [2.05, 4.69) is 15.6 Å². The van der Waals surface area contributed by atoms with Crippen LogP contribution in [0.2, 0.25) is 0 Å².